The topological polar surface area (TPSA) is 149 Å². The third-order valence-electron chi connectivity index (χ3n) is 5.20. The van der Waals surface area contributed by atoms with Gasteiger partial charge in [-0.3, -0.25) is 14.0 Å². The zero-order chi connectivity index (χ0) is 25.7. The van der Waals surface area contributed by atoms with Crippen LogP contribution in [0.4, 0.5) is 9.52 Å². The summed E-state index contributed by atoms with van der Waals surface area (Å²) in [7, 11) is 0. The quantitative estimate of drug-likeness (QED) is 0.306. The van der Waals surface area contributed by atoms with Gasteiger partial charge < -0.3 is 21.9 Å². The number of halogens is 1. The molecule has 3 aromatic heterocycles. The van der Waals surface area contributed by atoms with Crippen molar-refractivity contribution in [1.29, 1.82) is 0 Å². The predicted molar refractivity (Wildman–Crippen MR) is 135 cm³/mol. The number of aliphatic hydroxyl groups is 1. The van der Waals surface area contributed by atoms with Gasteiger partial charge in [0, 0.05) is 19.3 Å². The molecule has 3 heterocycles. The minimum atomic E-state index is -0.751. The number of nitrogen functional groups attached to an aromatic ring is 1. The molecule has 2 amide bonds. The van der Waals surface area contributed by atoms with Crippen LogP contribution in [0.25, 0.3) is 15.9 Å². The predicted octanol–water partition coefficient (Wildman–Crippen LogP) is 3.42. The van der Waals surface area contributed by atoms with Gasteiger partial charge in [0.15, 0.2) is 10.8 Å². The van der Waals surface area contributed by atoms with Crippen molar-refractivity contribution in [3.8, 4) is 0 Å². The van der Waals surface area contributed by atoms with E-state index in [1.54, 1.807) is 6.92 Å². The number of nitrogens with one attached hydrogen (secondary N) is 1. The zero-order valence-electron chi connectivity index (χ0n) is 19.8. The molecule has 35 heavy (non-hydrogen) atoms. The first-order valence-corrected chi connectivity index (χ1v) is 11.9. The number of pyridine rings is 1. The van der Waals surface area contributed by atoms with E-state index in [1.165, 1.54) is 15.7 Å². The zero-order valence-corrected chi connectivity index (χ0v) is 20.7. The minimum Gasteiger partial charge on any atom is -0.396 e. The number of anilines is 1. The van der Waals surface area contributed by atoms with Crippen molar-refractivity contribution < 1.29 is 19.1 Å². The Morgan fingerprint density at radius 3 is 2.63 bits per heavy atom. The Morgan fingerprint density at radius 1 is 1.26 bits per heavy atom. The molecular weight excluding hydrogens is 471 g/mol. The monoisotopic (exact) mass is 500 g/mol. The summed E-state index contributed by atoms with van der Waals surface area (Å²) in [4.78, 5) is 32.7. The number of benzene rings is 1. The van der Waals surface area contributed by atoms with Gasteiger partial charge in [-0.1, -0.05) is 31.3 Å². The van der Waals surface area contributed by atoms with Gasteiger partial charge in [-0.2, -0.15) is 0 Å². The molecule has 0 aliphatic rings. The van der Waals surface area contributed by atoms with E-state index in [2.05, 4.69) is 29.1 Å². The van der Waals surface area contributed by atoms with Gasteiger partial charge >= 0.3 is 0 Å². The molecule has 0 radical (unpaired) electrons. The van der Waals surface area contributed by atoms with Gasteiger partial charge in [-0.25, -0.2) is 14.4 Å². The first-order valence-electron chi connectivity index (χ1n) is 11.1. The molecule has 0 fully saturated rings. The summed E-state index contributed by atoms with van der Waals surface area (Å²) in [5, 5.41) is 11.5. The summed E-state index contributed by atoms with van der Waals surface area (Å²) in [6, 6.07) is 6.61. The maximum Gasteiger partial charge on any atom is 0.267 e. The fraction of sp³-hybridized carbons (Fsp3) is 0.333. The van der Waals surface area contributed by atoms with E-state index in [1.807, 2.05) is 18.2 Å². The van der Waals surface area contributed by atoms with E-state index in [0.29, 0.717) is 17.4 Å². The van der Waals surface area contributed by atoms with Crippen LogP contribution in [0.5, 0.6) is 0 Å². The Kier molecular flexibility index (Phi) is 8.36. The highest BCUT2D eigenvalue weighted by molar-refractivity contribution is 7.22. The SMILES string of the molecule is CC(C)CCCO.Cc1nc2c(C(=O)NCc3ccc4nc(N)sc4c3)cc(F)cn2c1C(N)=O. The molecule has 0 atom stereocenters. The number of hydrogen-bond donors (Lipinski definition) is 4. The van der Waals surface area contributed by atoms with E-state index in [-0.39, 0.29) is 23.4 Å². The Bertz CT molecular complexity index is 1360. The van der Waals surface area contributed by atoms with E-state index in [4.69, 9.17) is 16.6 Å². The smallest absolute Gasteiger partial charge is 0.267 e. The molecule has 11 heteroatoms. The Labute approximate surface area is 206 Å². The molecule has 0 bridgehead atoms. The lowest BCUT2D eigenvalue weighted by Gasteiger charge is -2.08. The molecule has 4 rings (SSSR count). The number of amides is 2. The van der Waals surface area contributed by atoms with Crippen molar-refractivity contribution in [2.24, 2.45) is 11.7 Å². The number of imidazole rings is 1. The van der Waals surface area contributed by atoms with Crippen molar-refractivity contribution in [2.75, 3.05) is 12.3 Å². The van der Waals surface area contributed by atoms with Crippen LogP contribution in [0.2, 0.25) is 0 Å². The second-order valence-electron chi connectivity index (χ2n) is 8.47. The standard InChI is InChI=1S/C18H15FN6O2S.C6H14O/c1-8-14(15(20)26)25-7-10(19)5-11(16(25)23-8)17(27)22-6-9-2-3-12-13(4-9)28-18(21)24-12;1-6(2)4-3-5-7/h2-5,7H,6H2,1H3,(H2,20,26)(H2,21,24)(H,22,27);6-7H,3-5H2,1-2H3. The number of aromatic nitrogens is 3. The van der Waals surface area contributed by atoms with Gasteiger partial charge in [0.1, 0.15) is 11.5 Å². The van der Waals surface area contributed by atoms with Gasteiger partial charge in [0.2, 0.25) is 0 Å². The van der Waals surface area contributed by atoms with Crippen LogP contribution < -0.4 is 16.8 Å². The molecule has 1 aromatic carbocycles. The van der Waals surface area contributed by atoms with Gasteiger partial charge in [-0.05, 0) is 49.4 Å². The summed E-state index contributed by atoms with van der Waals surface area (Å²) in [5.41, 5.74) is 13.2. The first kappa shape index (κ1) is 26.0. The number of carbonyl (C=O) groups excluding carboxylic acids is 2. The molecule has 0 aliphatic carbocycles. The number of nitrogens with zero attached hydrogens (tertiary/aromatic N) is 3. The third kappa shape index (κ3) is 6.31. The summed E-state index contributed by atoms with van der Waals surface area (Å²) in [6.45, 7) is 6.46. The molecule has 6 N–H and O–H groups in total. The van der Waals surface area contributed by atoms with Gasteiger partial charge in [-0.15, -0.1) is 0 Å². The second kappa shape index (κ2) is 11.2. The summed E-state index contributed by atoms with van der Waals surface area (Å²) < 4.78 is 16.2. The number of hydrogen-bond acceptors (Lipinski definition) is 7. The van der Waals surface area contributed by atoms with Crippen molar-refractivity contribution in [3.63, 3.8) is 0 Å². The number of rotatable bonds is 7. The Balaban J connectivity index is 0.000000429. The molecule has 186 valence electrons. The number of aryl methyl sites for hydroxylation is 1. The lowest BCUT2D eigenvalue weighted by atomic mass is 10.1. The molecule has 4 aromatic rings. The molecule has 0 saturated carbocycles. The maximum absolute atomic E-state index is 14.1. The number of fused-ring (bicyclic) bond motifs is 2. The molecule has 0 saturated heterocycles. The highest BCUT2D eigenvalue weighted by atomic mass is 32.1. The first-order chi connectivity index (χ1) is 16.6. The fourth-order valence-electron chi connectivity index (χ4n) is 3.56. The third-order valence-corrected chi connectivity index (χ3v) is 6.05. The lowest BCUT2D eigenvalue weighted by Crippen LogP contribution is -2.24. The molecule has 0 aliphatic heterocycles. The largest absolute Gasteiger partial charge is 0.396 e. The number of primary amides is 1. The fourth-order valence-corrected chi connectivity index (χ4v) is 4.36. The Hall–Kier alpha value is -3.57. The average Bonchev–Trinajstić information content (AvgIpc) is 3.33. The van der Waals surface area contributed by atoms with Crippen molar-refractivity contribution >= 4 is 44.1 Å². The van der Waals surface area contributed by atoms with Crippen molar-refractivity contribution in [2.45, 2.75) is 40.2 Å². The van der Waals surface area contributed by atoms with Gasteiger partial charge in [0.05, 0.1) is 21.5 Å². The number of nitrogens with two attached hydrogens (primary N) is 2. The minimum absolute atomic E-state index is 0.0127. The summed E-state index contributed by atoms with van der Waals surface area (Å²) in [5.74, 6) is -1.21. The highest BCUT2D eigenvalue weighted by Crippen LogP contribution is 2.24. The van der Waals surface area contributed by atoms with Crippen LogP contribution in [0.3, 0.4) is 0 Å². The normalized spacial score (nSPS) is 11.0. The maximum atomic E-state index is 14.1. The lowest BCUT2D eigenvalue weighted by molar-refractivity contribution is 0.0949. The number of aliphatic hydroxyl groups excluding tert-OH is 1. The van der Waals surface area contributed by atoms with Crippen LogP contribution >= 0.6 is 11.3 Å². The van der Waals surface area contributed by atoms with Crippen LogP contribution in [-0.4, -0.2) is 37.9 Å². The number of thiazole rings is 1. The van der Waals surface area contributed by atoms with Crippen LogP contribution in [0.15, 0.2) is 30.5 Å². The summed E-state index contributed by atoms with van der Waals surface area (Å²) >= 11 is 1.36. The summed E-state index contributed by atoms with van der Waals surface area (Å²) in [6.07, 6.45) is 3.18. The van der Waals surface area contributed by atoms with Crippen LogP contribution in [-0.2, 0) is 6.54 Å². The highest BCUT2D eigenvalue weighted by Gasteiger charge is 2.20. The van der Waals surface area contributed by atoms with E-state index >= 15 is 0 Å². The average molecular weight is 501 g/mol. The van der Waals surface area contributed by atoms with E-state index in [0.717, 1.165) is 46.8 Å². The van der Waals surface area contributed by atoms with Crippen molar-refractivity contribution in [1.82, 2.24) is 19.7 Å². The molecule has 9 nitrogen and oxygen atoms in total. The van der Waals surface area contributed by atoms with Crippen LogP contribution in [0.1, 0.15) is 58.8 Å². The molecule has 0 spiro atoms. The molecular formula is C24H29FN6O3S. The van der Waals surface area contributed by atoms with Gasteiger partial charge in [0.25, 0.3) is 11.8 Å². The van der Waals surface area contributed by atoms with E-state index < -0.39 is 17.6 Å². The second-order valence-corrected chi connectivity index (χ2v) is 9.53. The van der Waals surface area contributed by atoms with Crippen molar-refractivity contribution in [3.05, 3.63) is 58.8 Å². The van der Waals surface area contributed by atoms with Crippen LogP contribution in [0, 0.1) is 18.7 Å². The Morgan fingerprint density at radius 2 is 2.00 bits per heavy atom. The number of carbonyl (C=O) groups is 2. The van der Waals surface area contributed by atoms with E-state index in [9.17, 15) is 14.0 Å². The molecule has 0 unspecified atom stereocenters.